The highest BCUT2D eigenvalue weighted by Gasteiger charge is 1.94. The largest absolute Gasteiger partial charge is 0.0845 e. The highest BCUT2D eigenvalue weighted by atomic mass is 14.0. The van der Waals surface area contributed by atoms with Crippen LogP contribution in [0.3, 0.4) is 0 Å². The van der Waals surface area contributed by atoms with Gasteiger partial charge in [-0.2, -0.15) is 0 Å². The number of hydrogen-bond donors (Lipinski definition) is 0. The van der Waals surface area contributed by atoms with E-state index in [1.165, 1.54) is 103 Å². The number of allylic oxidation sites excluding steroid dienone is 4. The van der Waals surface area contributed by atoms with E-state index in [1.807, 2.05) is 0 Å². The summed E-state index contributed by atoms with van der Waals surface area (Å²) in [6.45, 7) is 0. The van der Waals surface area contributed by atoms with Crippen LogP contribution in [0.25, 0.3) is 0 Å². The Hall–Kier alpha value is -0.520. The van der Waals surface area contributed by atoms with Crippen molar-refractivity contribution in [3.8, 4) is 0 Å². The first-order valence-electron chi connectivity index (χ1n) is 9.32. The molecule has 0 aromatic heterocycles. The Morgan fingerprint density at radius 2 is 0.550 bits per heavy atom. The fourth-order valence-electron chi connectivity index (χ4n) is 3.00. The van der Waals surface area contributed by atoms with Gasteiger partial charge in [0.05, 0.1) is 0 Å². The first-order chi connectivity index (χ1) is 10.0. The van der Waals surface area contributed by atoms with E-state index in [0.717, 1.165) is 0 Å². The molecule has 0 atom stereocenters. The molecule has 0 aromatic rings. The van der Waals surface area contributed by atoms with Gasteiger partial charge in [-0.05, 0) is 25.7 Å². The van der Waals surface area contributed by atoms with Gasteiger partial charge in [0, 0.05) is 0 Å². The lowest BCUT2D eigenvalue weighted by atomic mass is 10.0. The van der Waals surface area contributed by atoms with Gasteiger partial charge in [0.25, 0.3) is 0 Å². The predicted octanol–water partition coefficient (Wildman–Crippen LogP) is 7.35. The molecule has 1 rings (SSSR count). The molecule has 0 heterocycles. The lowest BCUT2D eigenvalue weighted by Crippen LogP contribution is -1.83. The van der Waals surface area contributed by atoms with Crippen LogP contribution >= 0.6 is 0 Å². The molecule has 0 saturated heterocycles. The van der Waals surface area contributed by atoms with Crippen LogP contribution in [-0.2, 0) is 0 Å². The summed E-state index contributed by atoms with van der Waals surface area (Å²) < 4.78 is 0. The van der Waals surface area contributed by atoms with Crippen LogP contribution in [0.4, 0.5) is 0 Å². The zero-order chi connectivity index (χ0) is 14.1. The molecule has 1 aliphatic carbocycles. The molecular formula is C20H36. The Morgan fingerprint density at radius 1 is 0.300 bits per heavy atom. The minimum Gasteiger partial charge on any atom is -0.0845 e. The first kappa shape index (κ1) is 17.5. The molecule has 0 fully saturated rings. The summed E-state index contributed by atoms with van der Waals surface area (Å²) in [7, 11) is 0. The monoisotopic (exact) mass is 276 g/mol. The zero-order valence-electron chi connectivity index (χ0n) is 13.6. The van der Waals surface area contributed by atoms with Crippen LogP contribution in [-0.4, -0.2) is 0 Å². The van der Waals surface area contributed by atoms with E-state index >= 15 is 0 Å². The second-order valence-electron chi connectivity index (χ2n) is 6.38. The quantitative estimate of drug-likeness (QED) is 0.433. The first-order valence-corrected chi connectivity index (χ1v) is 9.32. The number of hydrogen-bond acceptors (Lipinski definition) is 0. The van der Waals surface area contributed by atoms with Gasteiger partial charge in [0.15, 0.2) is 0 Å². The second-order valence-corrected chi connectivity index (χ2v) is 6.38. The summed E-state index contributed by atoms with van der Waals surface area (Å²) in [4.78, 5) is 0. The third-order valence-electron chi connectivity index (χ3n) is 4.37. The van der Waals surface area contributed by atoms with Gasteiger partial charge in [0.2, 0.25) is 0 Å². The van der Waals surface area contributed by atoms with Gasteiger partial charge in [-0.1, -0.05) is 101 Å². The molecule has 0 spiro atoms. The van der Waals surface area contributed by atoms with E-state index in [9.17, 15) is 0 Å². The third kappa shape index (κ3) is 12.5. The maximum Gasteiger partial charge on any atom is -0.0348 e. The SMILES string of the molecule is C1=CCCCCCCCCCCCCCCCCC=C1. The van der Waals surface area contributed by atoms with Crippen molar-refractivity contribution in [2.24, 2.45) is 0 Å². The average Bonchev–Trinajstić information content (AvgIpc) is 2.46. The zero-order valence-corrected chi connectivity index (χ0v) is 13.6. The average molecular weight is 277 g/mol. The summed E-state index contributed by atoms with van der Waals surface area (Å²) >= 11 is 0. The van der Waals surface area contributed by atoms with Gasteiger partial charge in [-0.25, -0.2) is 0 Å². The fourth-order valence-corrected chi connectivity index (χ4v) is 3.00. The van der Waals surface area contributed by atoms with Crippen molar-refractivity contribution in [2.75, 3.05) is 0 Å². The van der Waals surface area contributed by atoms with Gasteiger partial charge in [-0.3, -0.25) is 0 Å². The molecule has 0 aromatic carbocycles. The van der Waals surface area contributed by atoms with Crippen LogP contribution in [0.5, 0.6) is 0 Å². The second kappa shape index (κ2) is 14.9. The summed E-state index contributed by atoms with van der Waals surface area (Å²) in [5, 5.41) is 0. The minimum atomic E-state index is 1.27. The maximum absolute atomic E-state index is 2.34. The van der Waals surface area contributed by atoms with Crippen LogP contribution in [0.1, 0.15) is 103 Å². The normalized spacial score (nSPS) is 22.4. The minimum absolute atomic E-state index is 1.27. The molecule has 0 radical (unpaired) electrons. The molecule has 0 aliphatic heterocycles. The van der Waals surface area contributed by atoms with E-state index in [-0.39, 0.29) is 0 Å². The molecule has 116 valence electrons. The van der Waals surface area contributed by atoms with E-state index < -0.39 is 0 Å². The van der Waals surface area contributed by atoms with Crippen molar-refractivity contribution >= 4 is 0 Å². The van der Waals surface area contributed by atoms with Crippen molar-refractivity contribution in [3.63, 3.8) is 0 Å². The van der Waals surface area contributed by atoms with Crippen molar-refractivity contribution in [1.29, 1.82) is 0 Å². The molecule has 0 saturated carbocycles. The summed E-state index contributed by atoms with van der Waals surface area (Å²) in [5.74, 6) is 0. The Balaban J connectivity index is 2.12. The standard InChI is InChI=1S/C20H36/c1-2-4-6-8-10-12-14-16-18-20-19-17-15-13-11-9-7-5-3-1/h1-4H,5-20H2. The van der Waals surface area contributed by atoms with Crippen molar-refractivity contribution in [3.05, 3.63) is 24.3 Å². The van der Waals surface area contributed by atoms with Crippen molar-refractivity contribution < 1.29 is 0 Å². The lowest BCUT2D eigenvalue weighted by molar-refractivity contribution is 0.534. The molecule has 1 aliphatic rings. The highest BCUT2D eigenvalue weighted by molar-refractivity contribution is 5.02. The van der Waals surface area contributed by atoms with Gasteiger partial charge >= 0.3 is 0 Å². The van der Waals surface area contributed by atoms with Crippen molar-refractivity contribution in [1.82, 2.24) is 0 Å². The maximum atomic E-state index is 2.34. The molecule has 0 unspecified atom stereocenters. The van der Waals surface area contributed by atoms with Gasteiger partial charge in [0.1, 0.15) is 0 Å². The Labute approximate surface area is 127 Å². The van der Waals surface area contributed by atoms with Gasteiger partial charge < -0.3 is 0 Å². The Morgan fingerprint density at radius 3 is 0.850 bits per heavy atom. The molecule has 0 bridgehead atoms. The van der Waals surface area contributed by atoms with Crippen LogP contribution < -0.4 is 0 Å². The molecular weight excluding hydrogens is 240 g/mol. The Bertz CT molecular complexity index is 210. The van der Waals surface area contributed by atoms with E-state index in [0.29, 0.717) is 0 Å². The summed E-state index contributed by atoms with van der Waals surface area (Å²) in [5.41, 5.74) is 0. The van der Waals surface area contributed by atoms with E-state index in [1.54, 1.807) is 0 Å². The van der Waals surface area contributed by atoms with Gasteiger partial charge in [-0.15, -0.1) is 0 Å². The van der Waals surface area contributed by atoms with Crippen LogP contribution in [0, 0.1) is 0 Å². The molecule has 0 N–H and O–H groups in total. The third-order valence-corrected chi connectivity index (χ3v) is 4.37. The molecule has 0 amide bonds. The predicted molar refractivity (Wildman–Crippen MR) is 92.2 cm³/mol. The fraction of sp³-hybridized carbons (Fsp3) is 0.800. The van der Waals surface area contributed by atoms with E-state index in [2.05, 4.69) is 24.3 Å². The molecule has 0 nitrogen and oxygen atoms in total. The van der Waals surface area contributed by atoms with Crippen LogP contribution in [0.2, 0.25) is 0 Å². The summed E-state index contributed by atoms with van der Waals surface area (Å²) in [6.07, 6.45) is 32.0. The lowest BCUT2D eigenvalue weighted by Gasteiger charge is -2.03. The molecule has 20 heavy (non-hydrogen) atoms. The summed E-state index contributed by atoms with van der Waals surface area (Å²) in [6, 6.07) is 0. The van der Waals surface area contributed by atoms with Crippen molar-refractivity contribution in [2.45, 2.75) is 103 Å². The topological polar surface area (TPSA) is 0 Å². The van der Waals surface area contributed by atoms with E-state index in [4.69, 9.17) is 0 Å². The molecule has 0 heteroatoms. The van der Waals surface area contributed by atoms with Crippen LogP contribution in [0.15, 0.2) is 24.3 Å². The Kier molecular flexibility index (Phi) is 13.0. The number of rotatable bonds is 0. The smallest absolute Gasteiger partial charge is 0.0348 e. The highest BCUT2D eigenvalue weighted by Crippen LogP contribution is 2.14.